The van der Waals surface area contributed by atoms with Gasteiger partial charge in [0, 0.05) is 34.0 Å². The summed E-state index contributed by atoms with van der Waals surface area (Å²) in [5, 5.41) is 10.9. The molecule has 0 aliphatic carbocycles. The summed E-state index contributed by atoms with van der Waals surface area (Å²) in [6.45, 7) is 2.22. The molecule has 1 heterocycles. The summed E-state index contributed by atoms with van der Waals surface area (Å²) in [6.07, 6.45) is 0.843. The molecule has 0 saturated carbocycles. The number of esters is 1. The van der Waals surface area contributed by atoms with Gasteiger partial charge in [-0.2, -0.15) is 0 Å². The van der Waals surface area contributed by atoms with Gasteiger partial charge in [0.25, 0.3) is 0 Å². The Morgan fingerprint density at radius 3 is 2.74 bits per heavy atom. The minimum Gasteiger partial charge on any atom is -0.469 e. The monoisotopic (exact) mass is 270 g/mol. The summed E-state index contributed by atoms with van der Waals surface area (Å²) >= 11 is 0. The SMILES string of the molecule is COC(=O)CCCN(C)c1c([N+](=O)[O-])nc(C)n1C. The third kappa shape index (κ3) is 3.43. The number of hydrogen-bond donors (Lipinski definition) is 0. The lowest BCUT2D eigenvalue weighted by Crippen LogP contribution is -2.23. The molecule has 0 aliphatic heterocycles. The molecule has 0 aromatic carbocycles. The lowest BCUT2D eigenvalue weighted by atomic mass is 10.3. The molecular weight excluding hydrogens is 252 g/mol. The highest BCUT2D eigenvalue weighted by Gasteiger charge is 2.26. The van der Waals surface area contributed by atoms with Crippen LogP contribution in [0.1, 0.15) is 18.7 Å². The topological polar surface area (TPSA) is 90.5 Å². The molecule has 0 radical (unpaired) electrons. The van der Waals surface area contributed by atoms with Crippen LogP contribution in [-0.2, 0) is 16.6 Å². The van der Waals surface area contributed by atoms with E-state index in [1.807, 2.05) is 0 Å². The smallest absolute Gasteiger partial charge is 0.406 e. The molecule has 8 heteroatoms. The highest BCUT2D eigenvalue weighted by Crippen LogP contribution is 2.27. The molecule has 1 aromatic rings. The van der Waals surface area contributed by atoms with Crippen LogP contribution in [0.15, 0.2) is 0 Å². The van der Waals surface area contributed by atoms with E-state index in [-0.39, 0.29) is 18.2 Å². The summed E-state index contributed by atoms with van der Waals surface area (Å²) < 4.78 is 6.21. The zero-order chi connectivity index (χ0) is 14.6. The predicted molar refractivity (Wildman–Crippen MR) is 69.1 cm³/mol. The van der Waals surface area contributed by atoms with Gasteiger partial charge in [-0.3, -0.25) is 9.36 Å². The lowest BCUT2D eigenvalue weighted by molar-refractivity contribution is -0.388. The minimum absolute atomic E-state index is 0.166. The van der Waals surface area contributed by atoms with Crippen LogP contribution in [0.2, 0.25) is 0 Å². The maximum atomic E-state index is 11.0. The first-order valence-electron chi connectivity index (χ1n) is 5.84. The molecule has 0 amide bonds. The van der Waals surface area contributed by atoms with E-state index in [1.54, 1.807) is 30.5 Å². The van der Waals surface area contributed by atoms with Gasteiger partial charge in [0.1, 0.15) is 0 Å². The van der Waals surface area contributed by atoms with Crippen molar-refractivity contribution < 1.29 is 14.5 Å². The first kappa shape index (κ1) is 14.9. The van der Waals surface area contributed by atoms with Gasteiger partial charge < -0.3 is 19.8 Å². The summed E-state index contributed by atoms with van der Waals surface area (Å²) in [5.41, 5.74) is 0. The Labute approximate surface area is 111 Å². The van der Waals surface area contributed by atoms with Gasteiger partial charge in [-0.1, -0.05) is 0 Å². The maximum Gasteiger partial charge on any atom is 0.406 e. The maximum absolute atomic E-state index is 11.0. The Balaban J connectivity index is 2.79. The second-order valence-corrected chi connectivity index (χ2v) is 4.22. The Kier molecular flexibility index (Phi) is 4.85. The van der Waals surface area contributed by atoms with Crippen molar-refractivity contribution in [1.29, 1.82) is 0 Å². The van der Waals surface area contributed by atoms with Crippen molar-refractivity contribution in [2.75, 3.05) is 25.6 Å². The van der Waals surface area contributed by atoms with Crippen LogP contribution in [-0.4, -0.2) is 41.1 Å². The first-order valence-corrected chi connectivity index (χ1v) is 5.84. The lowest BCUT2D eigenvalue weighted by Gasteiger charge is -2.18. The highest BCUT2D eigenvalue weighted by atomic mass is 16.6. The number of aryl methyl sites for hydroxylation is 1. The number of methoxy groups -OCH3 is 1. The van der Waals surface area contributed by atoms with Crippen LogP contribution in [0.4, 0.5) is 11.6 Å². The average Bonchev–Trinajstić information content (AvgIpc) is 2.65. The molecule has 19 heavy (non-hydrogen) atoms. The van der Waals surface area contributed by atoms with Gasteiger partial charge in [-0.05, 0) is 16.3 Å². The van der Waals surface area contributed by atoms with Crippen LogP contribution < -0.4 is 4.90 Å². The second kappa shape index (κ2) is 6.17. The third-order valence-corrected chi connectivity index (χ3v) is 2.91. The molecule has 1 aromatic heterocycles. The van der Waals surface area contributed by atoms with Gasteiger partial charge in [0.2, 0.25) is 11.6 Å². The van der Waals surface area contributed by atoms with E-state index < -0.39 is 4.92 Å². The van der Waals surface area contributed by atoms with E-state index >= 15 is 0 Å². The number of hydrogen-bond acceptors (Lipinski definition) is 6. The molecule has 8 nitrogen and oxygen atoms in total. The number of imidazole rings is 1. The molecule has 0 aliphatic rings. The van der Waals surface area contributed by atoms with E-state index in [0.717, 1.165) is 0 Å². The third-order valence-electron chi connectivity index (χ3n) is 2.91. The van der Waals surface area contributed by atoms with Crippen molar-refractivity contribution in [3.63, 3.8) is 0 Å². The quantitative estimate of drug-likeness (QED) is 0.435. The molecule has 0 spiro atoms. The summed E-state index contributed by atoms with van der Waals surface area (Å²) in [5.74, 6) is 0.554. The molecule has 0 unspecified atom stereocenters. The van der Waals surface area contributed by atoms with Crippen molar-refractivity contribution in [1.82, 2.24) is 9.55 Å². The number of nitrogens with zero attached hydrogens (tertiary/aromatic N) is 4. The highest BCUT2D eigenvalue weighted by molar-refractivity contribution is 5.69. The van der Waals surface area contributed by atoms with Crippen molar-refractivity contribution in [3.05, 3.63) is 15.9 Å². The average molecular weight is 270 g/mol. The van der Waals surface area contributed by atoms with Gasteiger partial charge in [-0.15, -0.1) is 0 Å². The number of anilines is 1. The van der Waals surface area contributed by atoms with Crippen molar-refractivity contribution in [2.45, 2.75) is 19.8 Å². The van der Waals surface area contributed by atoms with E-state index in [4.69, 9.17) is 0 Å². The number of carbonyl (C=O) groups excluding carboxylic acids is 1. The fourth-order valence-electron chi connectivity index (χ4n) is 1.80. The number of nitro groups is 1. The number of rotatable bonds is 6. The molecule has 0 atom stereocenters. The van der Waals surface area contributed by atoms with Crippen LogP contribution >= 0.6 is 0 Å². The zero-order valence-electron chi connectivity index (χ0n) is 11.5. The van der Waals surface area contributed by atoms with Gasteiger partial charge >= 0.3 is 11.8 Å². The van der Waals surface area contributed by atoms with E-state index in [2.05, 4.69) is 9.72 Å². The molecule has 0 bridgehead atoms. The summed E-state index contributed by atoms with van der Waals surface area (Å²) in [6, 6.07) is 0. The molecular formula is C11H18N4O4. The van der Waals surface area contributed by atoms with Crippen LogP contribution in [0, 0.1) is 17.0 Å². The number of aromatic nitrogens is 2. The van der Waals surface area contributed by atoms with Gasteiger partial charge in [0.15, 0.2) is 0 Å². The van der Waals surface area contributed by atoms with Crippen LogP contribution in [0.3, 0.4) is 0 Å². The Hall–Kier alpha value is -2.12. The predicted octanol–water partition coefficient (Wildman–Crippen LogP) is 1.03. The summed E-state index contributed by atoms with van der Waals surface area (Å²) in [4.78, 5) is 27.1. The zero-order valence-corrected chi connectivity index (χ0v) is 11.5. The fourth-order valence-corrected chi connectivity index (χ4v) is 1.80. The van der Waals surface area contributed by atoms with Crippen molar-refractivity contribution in [2.24, 2.45) is 7.05 Å². The summed E-state index contributed by atoms with van der Waals surface area (Å²) in [7, 11) is 4.80. The number of ether oxygens (including phenoxy) is 1. The Bertz CT molecular complexity index is 483. The van der Waals surface area contributed by atoms with Crippen LogP contribution in [0.5, 0.6) is 0 Å². The Morgan fingerprint density at radius 2 is 2.21 bits per heavy atom. The minimum atomic E-state index is -0.501. The van der Waals surface area contributed by atoms with E-state index in [1.165, 1.54) is 7.11 Å². The van der Waals surface area contributed by atoms with Gasteiger partial charge in [-0.25, -0.2) is 0 Å². The molecule has 0 N–H and O–H groups in total. The first-order chi connectivity index (χ1) is 8.88. The Morgan fingerprint density at radius 1 is 1.58 bits per heavy atom. The molecule has 0 saturated heterocycles. The standard InChI is InChI=1S/C11H18N4O4/c1-8-12-10(15(17)18)11(14(8)3)13(2)7-5-6-9(16)19-4/h5-7H2,1-4H3. The van der Waals surface area contributed by atoms with Crippen LogP contribution in [0.25, 0.3) is 0 Å². The fraction of sp³-hybridized carbons (Fsp3) is 0.636. The molecule has 1 rings (SSSR count). The molecule has 0 fully saturated rings. The van der Waals surface area contributed by atoms with E-state index in [9.17, 15) is 14.9 Å². The number of carbonyl (C=O) groups is 1. The van der Waals surface area contributed by atoms with E-state index in [0.29, 0.717) is 24.6 Å². The molecule has 106 valence electrons. The second-order valence-electron chi connectivity index (χ2n) is 4.22. The van der Waals surface area contributed by atoms with Crippen molar-refractivity contribution in [3.8, 4) is 0 Å². The normalized spacial score (nSPS) is 10.3. The van der Waals surface area contributed by atoms with Gasteiger partial charge in [0.05, 0.1) is 7.11 Å². The van der Waals surface area contributed by atoms with Crippen molar-refractivity contribution >= 4 is 17.6 Å². The largest absolute Gasteiger partial charge is 0.469 e.